The van der Waals surface area contributed by atoms with Crippen LogP contribution in [0.3, 0.4) is 0 Å². The number of pyridine rings is 1. The smallest absolute Gasteiger partial charge is 0.328 e. The van der Waals surface area contributed by atoms with Gasteiger partial charge in [-0.05, 0) is 48.1 Å². The maximum absolute atomic E-state index is 14.2. The van der Waals surface area contributed by atoms with Gasteiger partial charge in [0.05, 0.1) is 18.3 Å². The molecule has 222 valence electrons. The van der Waals surface area contributed by atoms with Gasteiger partial charge in [0.25, 0.3) is 5.56 Å². The Morgan fingerprint density at radius 3 is 2.57 bits per heavy atom. The summed E-state index contributed by atoms with van der Waals surface area (Å²) in [5.41, 5.74) is 2.66. The molecule has 2 aromatic carbocycles. The Labute approximate surface area is 248 Å². The number of nitrogens with zero attached hydrogens (tertiary/aromatic N) is 3. The molecule has 1 N–H and O–H groups in total. The number of hydrogen-bond acceptors (Lipinski definition) is 7. The molecule has 5 rings (SSSR count). The monoisotopic (exact) mass is 592 g/mol. The summed E-state index contributed by atoms with van der Waals surface area (Å²) in [6.45, 7) is 7.59. The first kappa shape index (κ1) is 29.7. The predicted molar refractivity (Wildman–Crippen MR) is 167 cm³/mol. The Balaban J connectivity index is 1.37. The molecule has 1 amide bonds. The Morgan fingerprint density at radius 2 is 1.86 bits per heavy atom. The van der Waals surface area contributed by atoms with E-state index in [1.807, 2.05) is 30.5 Å². The highest BCUT2D eigenvalue weighted by Gasteiger charge is 2.25. The van der Waals surface area contributed by atoms with Gasteiger partial charge in [-0.3, -0.25) is 19.1 Å². The van der Waals surface area contributed by atoms with Crippen molar-refractivity contribution in [3.8, 4) is 0 Å². The number of amides is 1. The van der Waals surface area contributed by atoms with Crippen LogP contribution in [0.4, 0.5) is 15.8 Å². The number of halogens is 1. The third kappa shape index (κ3) is 6.34. The SMILES string of the molecule is CCCCC(C(=O)OC)n1c(=O)cc(NC(C)=O)c2ccc(CCN3CCN(c4cc(F)cc5sccc45)CC3)cc21. The van der Waals surface area contributed by atoms with Gasteiger partial charge in [0.15, 0.2) is 0 Å². The minimum atomic E-state index is -0.753. The highest BCUT2D eigenvalue weighted by atomic mass is 32.1. The molecule has 2 aromatic heterocycles. The third-order valence-electron chi connectivity index (χ3n) is 7.99. The summed E-state index contributed by atoms with van der Waals surface area (Å²) in [7, 11) is 1.34. The molecule has 0 spiro atoms. The summed E-state index contributed by atoms with van der Waals surface area (Å²) in [5, 5.41) is 6.57. The van der Waals surface area contributed by atoms with Crippen molar-refractivity contribution in [3.63, 3.8) is 0 Å². The molecule has 1 atom stereocenters. The molecule has 1 fully saturated rings. The van der Waals surface area contributed by atoms with Crippen LogP contribution in [0.5, 0.6) is 0 Å². The summed E-state index contributed by atoms with van der Waals surface area (Å²) < 4.78 is 21.8. The number of ether oxygens (including phenoxy) is 1. The van der Waals surface area contributed by atoms with E-state index in [9.17, 15) is 18.8 Å². The van der Waals surface area contributed by atoms with Gasteiger partial charge in [-0.1, -0.05) is 31.9 Å². The van der Waals surface area contributed by atoms with Gasteiger partial charge in [0.2, 0.25) is 5.91 Å². The third-order valence-corrected chi connectivity index (χ3v) is 8.85. The van der Waals surface area contributed by atoms with Crippen LogP contribution in [0.15, 0.2) is 52.6 Å². The van der Waals surface area contributed by atoms with Crippen molar-refractivity contribution in [2.24, 2.45) is 0 Å². The number of rotatable bonds is 10. The topological polar surface area (TPSA) is 83.9 Å². The van der Waals surface area contributed by atoms with Crippen molar-refractivity contribution in [2.45, 2.75) is 45.6 Å². The number of benzene rings is 2. The molecule has 8 nitrogen and oxygen atoms in total. The van der Waals surface area contributed by atoms with Gasteiger partial charge in [-0.25, -0.2) is 9.18 Å². The van der Waals surface area contributed by atoms with E-state index in [0.29, 0.717) is 23.0 Å². The summed E-state index contributed by atoms with van der Waals surface area (Å²) >= 11 is 1.56. The Bertz CT molecular complexity index is 1660. The number of thiophene rings is 1. The number of nitrogens with one attached hydrogen (secondary N) is 1. The number of fused-ring (bicyclic) bond motifs is 2. The lowest BCUT2D eigenvalue weighted by atomic mass is 10.0. The molecular weight excluding hydrogens is 555 g/mol. The quantitative estimate of drug-likeness (QED) is 0.242. The van der Waals surface area contributed by atoms with E-state index in [2.05, 4.69) is 21.2 Å². The van der Waals surface area contributed by atoms with Crippen molar-refractivity contribution >= 4 is 55.6 Å². The summed E-state index contributed by atoms with van der Waals surface area (Å²) in [6, 6.07) is 11.8. The van der Waals surface area contributed by atoms with Crippen molar-refractivity contribution in [2.75, 3.05) is 50.1 Å². The van der Waals surface area contributed by atoms with Crippen molar-refractivity contribution < 1.29 is 18.7 Å². The highest BCUT2D eigenvalue weighted by Crippen LogP contribution is 2.33. The second kappa shape index (κ2) is 13.0. The van der Waals surface area contributed by atoms with Crippen molar-refractivity contribution in [1.29, 1.82) is 0 Å². The summed E-state index contributed by atoms with van der Waals surface area (Å²) in [4.78, 5) is 42.7. The van der Waals surface area contributed by atoms with Gasteiger partial charge in [0, 0.05) is 66.9 Å². The number of methoxy groups -OCH3 is 1. The molecule has 1 unspecified atom stereocenters. The van der Waals surface area contributed by atoms with Crippen LogP contribution in [0.25, 0.3) is 21.0 Å². The number of aromatic nitrogens is 1. The van der Waals surface area contributed by atoms with Crippen LogP contribution in [-0.4, -0.2) is 61.2 Å². The summed E-state index contributed by atoms with van der Waals surface area (Å²) in [5.74, 6) is -0.937. The van der Waals surface area contributed by atoms with Gasteiger partial charge >= 0.3 is 5.97 Å². The predicted octanol–water partition coefficient (Wildman–Crippen LogP) is 5.58. The molecule has 1 aliphatic heterocycles. The summed E-state index contributed by atoms with van der Waals surface area (Å²) in [6.07, 6.45) is 2.87. The van der Waals surface area contributed by atoms with E-state index < -0.39 is 12.0 Å². The van der Waals surface area contributed by atoms with E-state index in [1.165, 1.54) is 24.7 Å². The molecule has 0 aliphatic carbocycles. The minimum absolute atomic E-state index is 0.206. The van der Waals surface area contributed by atoms with Crippen LogP contribution in [-0.2, 0) is 20.7 Å². The fraction of sp³-hybridized carbons (Fsp3) is 0.406. The van der Waals surface area contributed by atoms with Gasteiger partial charge in [0.1, 0.15) is 11.9 Å². The molecule has 0 radical (unpaired) electrons. The molecule has 0 saturated carbocycles. The minimum Gasteiger partial charge on any atom is -0.467 e. The zero-order valence-electron chi connectivity index (χ0n) is 24.3. The molecule has 42 heavy (non-hydrogen) atoms. The molecule has 3 heterocycles. The lowest BCUT2D eigenvalue weighted by Crippen LogP contribution is -2.47. The second-order valence-corrected chi connectivity index (χ2v) is 11.8. The lowest BCUT2D eigenvalue weighted by Gasteiger charge is -2.36. The normalized spacial score (nSPS) is 14.8. The average Bonchev–Trinajstić information content (AvgIpc) is 3.45. The Kier molecular flexibility index (Phi) is 9.23. The Morgan fingerprint density at radius 1 is 1.07 bits per heavy atom. The van der Waals surface area contributed by atoms with Crippen LogP contribution in [0, 0.1) is 5.82 Å². The number of esters is 1. The van der Waals surface area contributed by atoms with E-state index in [4.69, 9.17) is 4.74 Å². The zero-order chi connectivity index (χ0) is 29.8. The van der Waals surface area contributed by atoms with Crippen molar-refractivity contribution in [3.05, 3.63) is 69.6 Å². The number of carbonyl (C=O) groups is 2. The maximum atomic E-state index is 14.2. The molecule has 1 aliphatic rings. The molecular formula is C32H37FN4O4S. The molecule has 0 bridgehead atoms. The Hall–Kier alpha value is -3.76. The number of piperazine rings is 1. The van der Waals surface area contributed by atoms with E-state index in [1.54, 1.807) is 23.5 Å². The fourth-order valence-electron chi connectivity index (χ4n) is 5.83. The molecule has 4 aromatic rings. The van der Waals surface area contributed by atoms with Crippen LogP contribution in [0.1, 0.15) is 44.7 Å². The maximum Gasteiger partial charge on any atom is 0.328 e. The van der Waals surface area contributed by atoms with Gasteiger partial charge in [-0.2, -0.15) is 0 Å². The number of carbonyl (C=O) groups excluding carboxylic acids is 2. The van der Waals surface area contributed by atoms with Crippen LogP contribution < -0.4 is 15.8 Å². The molecule has 10 heteroatoms. The first-order chi connectivity index (χ1) is 20.3. The zero-order valence-corrected chi connectivity index (χ0v) is 25.1. The first-order valence-electron chi connectivity index (χ1n) is 14.5. The number of hydrogen-bond donors (Lipinski definition) is 1. The van der Waals surface area contributed by atoms with Crippen LogP contribution >= 0.6 is 11.3 Å². The average molecular weight is 593 g/mol. The van der Waals surface area contributed by atoms with Gasteiger partial charge in [-0.15, -0.1) is 11.3 Å². The fourth-order valence-corrected chi connectivity index (χ4v) is 6.66. The number of anilines is 2. The standard InChI is InChI=1S/C32H37FN4O4S/c1-4-5-6-27(32(40)41-3)37-29-17-22(7-8-24(29)26(20-31(37)39)34-21(2)38)9-11-35-12-14-36(15-13-35)28-18-23(33)19-30-25(28)10-16-42-30/h7-8,10,16-20,27H,4-6,9,11-15H2,1-3H3,(H,34,38). The van der Waals surface area contributed by atoms with Crippen LogP contribution in [0.2, 0.25) is 0 Å². The largest absolute Gasteiger partial charge is 0.467 e. The van der Waals surface area contributed by atoms with Crippen molar-refractivity contribution in [1.82, 2.24) is 9.47 Å². The molecule has 1 saturated heterocycles. The van der Waals surface area contributed by atoms with Gasteiger partial charge < -0.3 is 15.0 Å². The lowest BCUT2D eigenvalue weighted by molar-refractivity contribution is -0.144. The van der Waals surface area contributed by atoms with E-state index in [0.717, 1.165) is 73.3 Å². The van der Waals surface area contributed by atoms with E-state index in [-0.39, 0.29) is 17.3 Å². The first-order valence-corrected chi connectivity index (χ1v) is 15.3. The van der Waals surface area contributed by atoms with E-state index >= 15 is 0 Å². The number of unbranched alkanes of at least 4 members (excludes halogenated alkanes) is 1. The highest BCUT2D eigenvalue weighted by molar-refractivity contribution is 7.17. The second-order valence-electron chi connectivity index (χ2n) is 10.8.